The molecule has 0 saturated carbocycles. The van der Waals surface area contributed by atoms with Gasteiger partial charge in [0.2, 0.25) is 5.82 Å². The second kappa shape index (κ2) is 5.99. The summed E-state index contributed by atoms with van der Waals surface area (Å²) >= 11 is 5.53. The molecule has 2 N–H and O–H groups in total. The second-order valence-corrected chi connectivity index (χ2v) is 3.24. The van der Waals surface area contributed by atoms with Gasteiger partial charge in [-0.05, 0) is 12.1 Å². The van der Waals surface area contributed by atoms with E-state index in [-0.39, 0.29) is 5.02 Å². The van der Waals surface area contributed by atoms with Gasteiger partial charge in [-0.3, -0.25) is 0 Å². The first-order valence-corrected chi connectivity index (χ1v) is 4.71. The number of rotatable bonds is 5. The van der Waals surface area contributed by atoms with E-state index in [9.17, 15) is 13.2 Å². The lowest BCUT2D eigenvalue weighted by Gasteiger charge is -2.12. The lowest BCUT2D eigenvalue weighted by atomic mass is 10.2. The Morgan fingerprint density at radius 1 is 1.35 bits per heavy atom. The summed E-state index contributed by atoms with van der Waals surface area (Å²) in [5, 5.41) is 16.7. The third kappa shape index (κ3) is 3.99. The van der Waals surface area contributed by atoms with Crippen molar-refractivity contribution in [3.63, 3.8) is 0 Å². The largest absolute Gasteiger partial charge is 0.707 e. The minimum absolute atomic E-state index is 0.233. The van der Waals surface area contributed by atoms with Crippen LogP contribution in [0.15, 0.2) is 12.1 Å². The molecule has 0 fully saturated rings. The molecule has 0 heterocycles. The van der Waals surface area contributed by atoms with Crippen molar-refractivity contribution in [3.8, 4) is 11.5 Å². The predicted octanol–water partition coefficient (Wildman–Crippen LogP) is 1.47. The predicted molar refractivity (Wildman–Crippen MR) is 53.7 cm³/mol. The Kier molecular flexibility index (Phi) is 4.92. The van der Waals surface area contributed by atoms with E-state index < -0.39 is 37.7 Å². The monoisotopic (exact) mass is 270 g/mol. The van der Waals surface area contributed by atoms with Gasteiger partial charge in [0.25, 0.3) is 6.43 Å². The summed E-state index contributed by atoms with van der Waals surface area (Å²) < 4.78 is 46.0. The highest BCUT2D eigenvalue weighted by Crippen LogP contribution is 2.34. The molecule has 0 spiro atoms. The van der Waals surface area contributed by atoms with Crippen LogP contribution in [-0.4, -0.2) is 30.4 Å². The highest BCUT2D eigenvalue weighted by atomic mass is 35.5. The summed E-state index contributed by atoms with van der Waals surface area (Å²) in [6, 6.07) is 2.12. The van der Waals surface area contributed by atoms with Crippen LogP contribution in [0.5, 0.6) is 11.5 Å². The molecule has 1 aromatic rings. The van der Waals surface area contributed by atoms with Gasteiger partial charge in [-0.25, -0.2) is 8.78 Å². The van der Waals surface area contributed by atoms with E-state index in [1.807, 2.05) is 0 Å². The normalized spacial score (nSPS) is 10.5. The first-order valence-electron chi connectivity index (χ1n) is 4.33. The molecule has 0 aromatic heterocycles. The smallest absolute Gasteiger partial charge is 0.509 e. The highest BCUT2D eigenvalue weighted by molar-refractivity contribution is 6.34. The summed E-state index contributed by atoms with van der Waals surface area (Å²) in [5.41, 5.74) is 0. The molecular weight excluding hydrogens is 263 g/mol. The Hall–Kier alpha value is -1.12. The van der Waals surface area contributed by atoms with Crippen LogP contribution in [0.2, 0.25) is 5.02 Å². The molecule has 1 aromatic carbocycles. The van der Waals surface area contributed by atoms with Crippen molar-refractivity contribution in [1.82, 2.24) is 0 Å². The maximum atomic E-state index is 13.5. The van der Waals surface area contributed by atoms with Gasteiger partial charge in [0, 0.05) is 0 Å². The minimum Gasteiger partial charge on any atom is -0.509 e. The van der Waals surface area contributed by atoms with Crippen LogP contribution in [-0.2, 0) is 0 Å². The summed E-state index contributed by atoms with van der Waals surface area (Å²) in [4.78, 5) is 0. The molecule has 0 bridgehead atoms. The van der Waals surface area contributed by atoms with Crippen LogP contribution in [0.3, 0.4) is 0 Å². The Balaban J connectivity index is 2.94. The van der Waals surface area contributed by atoms with Gasteiger partial charge in [-0.2, -0.15) is 4.39 Å². The van der Waals surface area contributed by atoms with Gasteiger partial charge in [0.1, 0.15) is 12.4 Å². The lowest BCUT2D eigenvalue weighted by molar-refractivity contribution is 0.0797. The van der Waals surface area contributed by atoms with Crippen LogP contribution in [0.4, 0.5) is 13.2 Å². The molecule has 1 rings (SSSR count). The summed E-state index contributed by atoms with van der Waals surface area (Å²) in [7, 11) is -2.24. The van der Waals surface area contributed by atoms with Crippen molar-refractivity contribution >= 4 is 18.9 Å². The highest BCUT2D eigenvalue weighted by Gasteiger charge is 2.20. The average molecular weight is 270 g/mol. The van der Waals surface area contributed by atoms with Crippen molar-refractivity contribution in [2.45, 2.75) is 6.43 Å². The van der Waals surface area contributed by atoms with Crippen molar-refractivity contribution in [2.75, 3.05) is 6.61 Å². The zero-order chi connectivity index (χ0) is 13.0. The third-order valence-electron chi connectivity index (χ3n) is 1.60. The third-order valence-corrected chi connectivity index (χ3v) is 1.90. The molecule has 0 atom stereocenters. The Bertz CT molecular complexity index is 391. The van der Waals surface area contributed by atoms with E-state index >= 15 is 0 Å². The van der Waals surface area contributed by atoms with E-state index in [2.05, 4.69) is 9.39 Å². The number of alkyl halides is 2. The van der Waals surface area contributed by atoms with E-state index in [4.69, 9.17) is 21.6 Å². The second-order valence-electron chi connectivity index (χ2n) is 2.83. The van der Waals surface area contributed by atoms with Gasteiger partial charge in [-0.15, -0.1) is 0 Å². The number of halogens is 4. The molecule has 0 aliphatic heterocycles. The molecule has 0 aliphatic rings. The molecule has 4 nitrogen and oxygen atoms in total. The fourth-order valence-electron chi connectivity index (χ4n) is 0.998. The van der Waals surface area contributed by atoms with Gasteiger partial charge >= 0.3 is 7.32 Å². The SMILES string of the molecule is OB(O)Oc1ccc(Cl)c(OCC(F)F)c1F. The van der Waals surface area contributed by atoms with Crippen molar-refractivity contribution in [2.24, 2.45) is 0 Å². The topological polar surface area (TPSA) is 58.9 Å². The van der Waals surface area contributed by atoms with E-state index in [0.29, 0.717) is 0 Å². The molecule has 94 valence electrons. The van der Waals surface area contributed by atoms with Crippen LogP contribution < -0.4 is 9.39 Å². The van der Waals surface area contributed by atoms with Crippen LogP contribution in [0.25, 0.3) is 0 Å². The fourth-order valence-corrected chi connectivity index (χ4v) is 1.20. The van der Waals surface area contributed by atoms with Gasteiger partial charge in [0.05, 0.1) is 5.02 Å². The summed E-state index contributed by atoms with van der Waals surface area (Å²) in [6.45, 7) is -1.04. The number of ether oxygens (including phenoxy) is 1. The number of hydrogen-bond acceptors (Lipinski definition) is 4. The minimum atomic E-state index is -2.79. The maximum absolute atomic E-state index is 13.5. The Morgan fingerprint density at radius 3 is 2.53 bits per heavy atom. The van der Waals surface area contributed by atoms with Crippen LogP contribution in [0, 0.1) is 5.82 Å². The average Bonchev–Trinajstić information content (AvgIpc) is 2.21. The molecule has 0 unspecified atom stereocenters. The number of benzene rings is 1. The van der Waals surface area contributed by atoms with Crippen LogP contribution in [0.1, 0.15) is 0 Å². The van der Waals surface area contributed by atoms with Gasteiger partial charge < -0.3 is 19.4 Å². The Morgan fingerprint density at radius 2 is 2.00 bits per heavy atom. The van der Waals surface area contributed by atoms with Crippen LogP contribution >= 0.6 is 11.6 Å². The maximum Gasteiger partial charge on any atom is 0.707 e. The molecule has 0 saturated heterocycles. The molecular formula is C8H7BClF3O4. The number of hydrogen-bond donors (Lipinski definition) is 2. The molecule has 17 heavy (non-hydrogen) atoms. The standard InChI is InChI=1S/C8H7BClF3O4/c10-4-1-2-5(17-9(14)15)7(13)8(4)16-3-6(11)12/h1-2,6,14-15H,3H2. The summed E-state index contributed by atoms with van der Waals surface area (Å²) in [5.74, 6) is -2.40. The van der Waals surface area contributed by atoms with E-state index in [1.54, 1.807) is 0 Å². The van der Waals surface area contributed by atoms with Gasteiger partial charge in [-0.1, -0.05) is 11.6 Å². The first-order chi connectivity index (χ1) is 7.91. The van der Waals surface area contributed by atoms with Crippen molar-refractivity contribution < 1.29 is 32.6 Å². The molecule has 0 radical (unpaired) electrons. The van der Waals surface area contributed by atoms with Gasteiger partial charge in [0.15, 0.2) is 5.75 Å². The first kappa shape index (κ1) is 13.9. The molecule has 0 amide bonds. The van der Waals surface area contributed by atoms with E-state index in [0.717, 1.165) is 12.1 Å². The Labute approximate surface area is 99.7 Å². The molecule has 0 aliphatic carbocycles. The van der Waals surface area contributed by atoms with Crippen molar-refractivity contribution in [3.05, 3.63) is 23.0 Å². The fraction of sp³-hybridized carbons (Fsp3) is 0.250. The quantitative estimate of drug-likeness (QED) is 0.796. The lowest BCUT2D eigenvalue weighted by Crippen LogP contribution is -2.21. The van der Waals surface area contributed by atoms with E-state index in [1.165, 1.54) is 0 Å². The zero-order valence-electron chi connectivity index (χ0n) is 8.24. The van der Waals surface area contributed by atoms with Crippen molar-refractivity contribution in [1.29, 1.82) is 0 Å². The zero-order valence-corrected chi connectivity index (χ0v) is 9.00. The molecule has 9 heteroatoms. The summed E-state index contributed by atoms with van der Waals surface area (Å²) in [6.07, 6.45) is -2.79.